The van der Waals surface area contributed by atoms with Crippen LogP contribution in [0.5, 0.6) is 0 Å². The second kappa shape index (κ2) is 8.61. The fraction of sp³-hybridized carbons (Fsp3) is 0.545. The van der Waals surface area contributed by atoms with Gasteiger partial charge in [-0.25, -0.2) is 4.39 Å². The van der Waals surface area contributed by atoms with Crippen molar-refractivity contribution in [2.45, 2.75) is 51.2 Å². The lowest BCUT2D eigenvalue weighted by molar-refractivity contribution is -0.140. The van der Waals surface area contributed by atoms with Gasteiger partial charge in [0.1, 0.15) is 5.82 Å². The van der Waals surface area contributed by atoms with Crippen LogP contribution in [0.25, 0.3) is 0 Å². The number of H-pyrrole nitrogens is 1. The summed E-state index contributed by atoms with van der Waals surface area (Å²) in [5.41, 5.74) is 1.12. The van der Waals surface area contributed by atoms with Crippen LogP contribution >= 0.6 is 0 Å². The minimum absolute atomic E-state index is 0.0162. The van der Waals surface area contributed by atoms with Crippen molar-refractivity contribution in [1.82, 2.24) is 20.0 Å². The zero-order chi connectivity index (χ0) is 22.2. The van der Waals surface area contributed by atoms with Crippen LogP contribution in [-0.4, -0.2) is 52.1 Å². The molecule has 1 aromatic heterocycles. The first kappa shape index (κ1) is 21.8. The van der Waals surface area contributed by atoms with Gasteiger partial charge in [0.25, 0.3) is 5.91 Å². The van der Waals surface area contributed by atoms with Gasteiger partial charge in [0.2, 0.25) is 0 Å². The number of halogens is 4. The Balaban J connectivity index is 1.52. The average Bonchev–Trinajstić information content (AvgIpc) is 2.99. The van der Waals surface area contributed by atoms with Crippen molar-refractivity contribution in [3.05, 3.63) is 52.1 Å². The molecule has 3 heterocycles. The molecule has 1 aromatic carbocycles. The van der Waals surface area contributed by atoms with Gasteiger partial charge in [-0.3, -0.25) is 14.8 Å². The van der Waals surface area contributed by atoms with Crippen molar-refractivity contribution in [2.24, 2.45) is 0 Å². The molecule has 0 bridgehead atoms. The summed E-state index contributed by atoms with van der Waals surface area (Å²) in [5.74, 6) is -1.88. The maximum Gasteiger partial charge on any atom is 0.419 e. The van der Waals surface area contributed by atoms with Crippen molar-refractivity contribution in [3.8, 4) is 0 Å². The second-order valence-electron chi connectivity index (χ2n) is 8.27. The first-order valence-electron chi connectivity index (χ1n) is 10.7. The Labute approximate surface area is 178 Å². The predicted octanol–water partition coefficient (Wildman–Crippen LogP) is 4.36. The molecule has 1 atom stereocenters. The van der Waals surface area contributed by atoms with Gasteiger partial charge in [-0.05, 0) is 43.4 Å². The van der Waals surface area contributed by atoms with Crippen LogP contribution in [-0.2, 0) is 19.1 Å². The lowest BCUT2D eigenvalue weighted by Crippen LogP contribution is -2.35. The smallest absolute Gasteiger partial charge is 0.337 e. The normalized spacial score (nSPS) is 20.4. The lowest BCUT2D eigenvalue weighted by Gasteiger charge is -2.26. The van der Waals surface area contributed by atoms with E-state index in [0.717, 1.165) is 36.8 Å². The molecule has 4 rings (SSSR count). The van der Waals surface area contributed by atoms with Gasteiger partial charge < -0.3 is 4.90 Å². The molecule has 2 aliphatic rings. The molecule has 2 aromatic rings. The number of benzene rings is 1. The van der Waals surface area contributed by atoms with Gasteiger partial charge in [-0.1, -0.05) is 19.1 Å². The largest absolute Gasteiger partial charge is 0.419 e. The van der Waals surface area contributed by atoms with Crippen LogP contribution in [0.15, 0.2) is 18.2 Å². The maximum absolute atomic E-state index is 14.0. The summed E-state index contributed by atoms with van der Waals surface area (Å²) in [6, 6.07) is 3.53. The second-order valence-corrected chi connectivity index (χ2v) is 8.27. The third kappa shape index (κ3) is 4.33. The Kier molecular flexibility index (Phi) is 6.05. The van der Waals surface area contributed by atoms with E-state index < -0.39 is 23.5 Å². The number of aromatic nitrogens is 2. The Morgan fingerprint density at radius 2 is 2.03 bits per heavy atom. The van der Waals surface area contributed by atoms with E-state index in [0.29, 0.717) is 44.6 Å². The molecule has 1 saturated heterocycles. The molecular formula is C22H26F4N4O. The van der Waals surface area contributed by atoms with Crippen LogP contribution < -0.4 is 0 Å². The topological polar surface area (TPSA) is 52.2 Å². The highest BCUT2D eigenvalue weighted by Crippen LogP contribution is 2.40. The Morgan fingerprint density at radius 3 is 2.77 bits per heavy atom. The highest BCUT2D eigenvalue weighted by Gasteiger charge is 2.39. The summed E-state index contributed by atoms with van der Waals surface area (Å²) in [4.78, 5) is 17.1. The van der Waals surface area contributed by atoms with Crippen molar-refractivity contribution < 1.29 is 22.4 Å². The van der Waals surface area contributed by atoms with Crippen molar-refractivity contribution in [1.29, 1.82) is 0 Å². The van der Waals surface area contributed by atoms with E-state index >= 15 is 0 Å². The zero-order valence-electron chi connectivity index (χ0n) is 17.4. The number of fused-ring (bicyclic) bond motifs is 1. The number of likely N-dealkylation sites (tertiary alicyclic amines) is 1. The zero-order valence-corrected chi connectivity index (χ0v) is 17.4. The minimum Gasteiger partial charge on any atom is -0.337 e. The highest BCUT2D eigenvalue weighted by atomic mass is 19.4. The molecule has 2 aliphatic heterocycles. The van der Waals surface area contributed by atoms with E-state index in [1.807, 2.05) is 0 Å². The average molecular weight is 438 g/mol. The van der Waals surface area contributed by atoms with E-state index in [1.165, 1.54) is 12.1 Å². The molecule has 168 valence electrons. The number of hydrogen-bond acceptors (Lipinski definition) is 3. The number of alkyl halides is 3. The summed E-state index contributed by atoms with van der Waals surface area (Å²) >= 11 is 0. The minimum atomic E-state index is -4.75. The molecular weight excluding hydrogens is 412 g/mol. The lowest BCUT2D eigenvalue weighted by atomic mass is 9.88. The van der Waals surface area contributed by atoms with Crippen LogP contribution in [0.2, 0.25) is 0 Å². The van der Waals surface area contributed by atoms with Crippen LogP contribution in [0.3, 0.4) is 0 Å². The number of rotatable bonds is 3. The van der Waals surface area contributed by atoms with E-state index in [2.05, 4.69) is 22.0 Å². The summed E-state index contributed by atoms with van der Waals surface area (Å²) in [6.07, 6.45) is -2.56. The number of nitrogens with zero attached hydrogens (tertiary/aromatic N) is 3. The van der Waals surface area contributed by atoms with Crippen molar-refractivity contribution >= 4 is 5.91 Å². The standard InChI is InChI=1S/C22H26F4N4O/c1-2-29-11-9-18-16(13-29)20(28-27-18)21(31)30-10-4-5-14(8-12-30)15-6-3-7-17(23)19(15)22(24,25)26/h3,6-7,14H,2,4-5,8-13H2,1H3,(H,27,28). The van der Waals surface area contributed by atoms with E-state index in [1.54, 1.807) is 4.90 Å². The summed E-state index contributed by atoms with van der Waals surface area (Å²) in [7, 11) is 0. The number of amides is 1. The molecule has 9 heteroatoms. The number of nitrogens with one attached hydrogen (secondary N) is 1. The quantitative estimate of drug-likeness (QED) is 0.725. The Morgan fingerprint density at radius 1 is 1.23 bits per heavy atom. The highest BCUT2D eigenvalue weighted by molar-refractivity contribution is 5.94. The fourth-order valence-corrected chi connectivity index (χ4v) is 4.74. The van der Waals surface area contributed by atoms with Gasteiger partial charge >= 0.3 is 6.18 Å². The third-order valence-electron chi connectivity index (χ3n) is 6.45. The van der Waals surface area contributed by atoms with E-state index in [9.17, 15) is 22.4 Å². The summed E-state index contributed by atoms with van der Waals surface area (Å²) in [5, 5.41) is 7.25. The number of carbonyl (C=O) groups excluding carboxylic acids is 1. The molecule has 1 fully saturated rings. The maximum atomic E-state index is 14.0. The Bertz CT molecular complexity index is 955. The summed E-state index contributed by atoms with van der Waals surface area (Å²) < 4.78 is 54.4. The van der Waals surface area contributed by atoms with Crippen molar-refractivity contribution in [2.75, 3.05) is 26.2 Å². The molecule has 0 saturated carbocycles. The van der Waals surface area contributed by atoms with Crippen LogP contribution in [0.1, 0.15) is 65.0 Å². The van der Waals surface area contributed by atoms with Gasteiger partial charge in [0.15, 0.2) is 5.69 Å². The SMILES string of the molecule is CCN1CCc2[nH]nc(C(=O)N3CCCC(c4cccc(F)c4C(F)(F)F)CC3)c2C1. The molecule has 0 spiro atoms. The third-order valence-corrected chi connectivity index (χ3v) is 6.45. The molecule has 1 N–H and O–H groups in total. The van der Waals surface area contributed by atoms with Gasteiger partial charge in [-0.2, -0.15) is 18.3 Å². The van der Waals surface area contributed by atoms with Gasteiger partial charge in [-0.15, -0.1) is 0 Å². The van der Waals surface area contributed by atoms with E-state index in [4.69, 9.17) is 0 Å². The monoisotopic (exact) mass is 438 g/mol. The summed E-state index contributed by atoms with van der Waals surface area (Å²) in [6.45, 7) is 5.31. The predicted molar refractivity (Wildman–Crippen MR) is 107 cm³/mol. The number of hydrogen-bond donors (Lipinski definition) is 1. The number of aromatic amines is 1. The molecule has 1 unspecified atom stereocenters. The molecule has 31 heavy (non-hydrogen) atoms. The van der Waals surface area contributed by atoms with Crippen molar-refractivity contribution in [3.63, 3.8) is 0 Å². The number of likely N-dealkylation sites (N-methyl/N-ethyl adjacent to an activating group) is 1. The van der Waals surface area contributed by atoms with Crippen LogP contribution in [0, 0.1) is 5.82 Å². The first-order chi connectivity index (χ1) is 14.8. The number of carbonyl (C=O) groups is 1. The van der Waals surface area contributed by atoms with Gasteiger partial charge in [0.05, 0.1) is 5.56 Å². The molecule has 0 aliphatic carbocycles. The first-order valence-corrected chi connectivity index (χ1v) is 10.7. The van der Waals surface area contributed by atoms with Gasteiger partial charge in [0, 0.05) is 43.9 Å². The molecule has 5 nitrogen and oxygen atoms in total. The molecule has 1 amide bonds. The van der Waals surface area contributed by atoms with Crippen LogP contribution in [0.4, 0.5) is 17.6 Å². The fourth-order valence-electron chi connectivity index (χ4n) is 4.74. The van der Waals surface area contributed by atoms with E-state index in [-0.39, 0.29) is 11.5 Å². The Hall–Kier alpha value is -2.42. The molecule has 0 radical (unpaired) electrons.